The number of anilines is 1. The molecule has 1 fully saturated rings. The highest BCUT2D eigenvalue weighted by Gasteiger charge is 2.25. The molecule has 1 N–H and O–H groups in total. The largest absolute Gasteiger partial charge is 0.363 e. The van der Waals surface area contributed by atoms with Crippen molar-refractivity contribution in [1.82, 2.24) is 15.1 Å². The van der Waals surface area contributed by atoms with E-state index in [1.165, 1.54) is 25.8 Å². The van der Waals surface area contributed by atoms with Crippen molar-refractivity contribution in [2.24, 2.45) is 5.92 Å². The number of hydrogen-bond donors (Lipinski definition) is 1. The van der Waals surface area contributed by atoms with Gasteiger partial charge in [-0.3, -0.25) is 4.90 Å². The predicted octanol–water partition coefficient (Wildman–Crippen LogP) is 2.59. The molecule has 4 nitrogen and oxygen atoms in total. The van der Waals surface area contributed by atoms with E-state index in [-0.39, 0.29) is 0 Å². The second kappa shape index (κ2) is 5.78. The Labute approximate surface area is 107 Å². The number of nitrogens with zero attached hydrogens (tertiary/aromatic N) is 3. The van der Waals surface area contributed by atoms with Crippen molar-refractivity contribution in [2.75, 3.05) is 18.9 Å². The van der Waals surface area contributed by atoms with E-state index in [4.69, 9.17) is 0 Å². The predicted molar refractivity (Wildman–Crippen MR) is 72.3 cm³/mol. The Morgan fingerprint density at radius 1 is 1.41 bits per heavy atom. The number of hydrogen-bond acceptors (Lipinski definition) is 5. The van der Waals surface area contributed by atoms with Gasteiger partial charge >= 0.3 is 0 Å². The van der Waals surface area contributed by atoms with Gasteiger partial charge in [0, 0.05) is 19.6 Å². The molecule has 0 bridgehead atoms. The SMILES string of the molecule is CCC1CCC(C)N(Cc2nnc(NC)s2)C1. The number of piperidine rings is 1. The molecule has 1 saturated heterocycles. The molecule has 1 aliphatic heterocycles. The summed E-state index contributed by atoms with van der Waals surface area (Å²) in [6.07, 6.45) is 3.99. The Morgan fingerprint density at radius 3 is 2.88 bits per heavy atom. The maximum Gasteiger partial charge on any atom is 0.205 e. The summed E-state index contributed by atoms with van der Waals surface area (Å²) in [5, 5.41) is 13.4. The van der Waals surface area contributed by atoms with E-state index in [0.717, 1.165) is 22.6 Å². The lowest BCUT2D eigenvalue weighted by atomic mass is 9.92. The monoisotopic (exact) mass is 254 g/mol. The van der Waals surface area contributed by atoms with Crippen molar-refractivity contribution in [3.63, 3.8) is 0 Å². The quantitative estimate of drug-likeness (QED) is 0.896. The van der Waals surface area contributed by atoms with Gasteiger partial charge in [-0.2, -0.15) is 0 Å². The fourth-order valence-electron chi connectivity index (χ4n) is 2.41. The number of rotatable bonds is 4. The van der Waals surface area contributed by atoms with Gasteiger partial charge in [-0.05, 0) is 25.7 Å². The summed E-state index contributed by atoms with van der Waals surface area (Å²) in [5.41, 5.74) is 0. The summed E-state index contributed by atoms with van der Waals surface area (Å²) in [6, 6.07) is 0.680. The molecule has 1 aliphatic rings. The third kappa shape index (κ3) is 3.16. The van der Waals surface area contributed by atoms with Crippen molar-refractivity contribution >= 4 is 16.5 Å². The van der Waals surface area contributed by atoms with Crippen LogP contribution in [-0.2, 0) is 6.54 Å². The summed E-state index contributed by atoms with van der Waals surface area (Å²) < 4.78 is 0. The fraction of sp³-hybridized carbons (Fsp3) is 0.833. The van der Waals surface area contributed by atoms with Gasteiger partial charge in [0.05, 0.1) is 6.54 Å². The lowest BCUT2D eigenvalue weighted by Crippen LogP contribution is -2.40. The summed E-state index contributed by atoms with van der Waals surface area (Å²) in [4.78, 5) is 2.55. The number of aromatic nitrogens is 2. The van der Waals surface area contributed by atoms with Crippen LogP contribution in [0.2, 0.25) is 0 Å². The van der Waals surface area contributed by atoms with Crippen LogP contribution in [0, 0.1) is 5.92 Å². The van der Waals surface area contributed by atoms with Gasteiger partial charge in [-0.15, -0.1) is 10.2 Å². The van der Waals surface area contributed by atoms with Crippen LogP contribution >= 0.6 is 11.3 Å². The van der Waals surface area contributed by atoms with E-state index in [0.29, 0.717) is 6.04 Å². The van der Waals surface area contributed by atoms with Crippen LogP contribution in [0.15, 0.2) is 0 Å². The Hall–Kier alpha value is -0.680. The number of nitrogens with one attached hydrogen (secondary N) is 1. The zero-order chi connectivity index (χ0) is 12.3. The van der Waals surface area contributed by atoms with E-state index in [9.17, 15) is 0 Å². The van der Waals surface area contributed by atoms with Gasteiger partial charge < -0.3 is 5.32 Å². The first-order valence-corrected chi connectivity index (χ1v) is 7.28. The highest BCUT2D eigenvalue weighted by Crippen LogP contribution is 2.26. The normalized spacial score (nSPS) is 26.1. The van der Waals surface area contributed by atoms with Crippen molar-refractivity contribution in [1.29, 1.82) is 0 Å². The van der Waals surface area contributed by atoms with Gasteiger partial charge in [0.2, 0.25) is 5.13 Å². The molecule has 1 aromatic heterocycles. The standard InChI is InChI=1S/C12H22N4S/c1-4-10-6-5-9(2)16(7-10)8-11-14-15-12(13-3)17-11/h9-10H,4-8H2,1-3H3,(H,13,15). The van der Waals surface area contributed by atoms with Gasteiger partial charge in [0.25, 0.3) is 0 Å². The first-order chi connectivity index (χ1) is 8.22. The minimum atomic E-state index is 0.680. The molecule has 2 rings (SSSR count). The minimum Gasteiger partial charge on any atom is -0.363 e. The van der Waals surface area contributed by atoms with Crippen LogP contribution in [0.4, 0.5) is 5.13 Å². The highest BCUT2D eigenvalue weighted by molar-refractivity contribution is 7.15. The molecule has 0 saturated carbocycles. The Bertz CT molecular complexity index is 352. The van der Waals surface area contributed by atoms with E-state index in [1.54, 1.807) is 11.3 Å². The van der Waals surface area contributed by atoms with Gasteiger partial charge in [0.15, 0.2) is 0 Å². The van der Waals surface area contributed by atoms with Crippen molar-refractivity contribution in [3.8, 4) is 0 Å². The second-order valence-electron chi connectivity index (χ2n) is 4.88. The summed E-state index contributed by atoms with van der Waals surface area (Å²) in [5.74, 6) is 0.864. The summed E-state index contributed by atoms with van der Waals surface area (Å²) in [6.45, 7) is 6.79. The molecule has 2 unspecified atom stereocenters. The average molecular weight is 254 g/mol. The molecule has 2 atom stereocenters. The van der Waals surface area contributed by atoms with Gasteiger partial charge in [0.1, 0.15) is 5.01 Å². The molecular formula is C12H22N4S. The Morgan fingerprint density at radius 2 is 2.24 bits per heavy atom. The zero-order valence-electron chi connectivity index (χ0n) is 10.9. The molecule has 0 aliphatic carbocycles. The molecule has 0 aromatic carbocycles. The lowest BCUT2D eigenvalue weighted by molar-refractivity contribution is 0.108. The summed E-state index contributed by atoms with van der Waals surface area (Å²) in [7, 11) is 1.89. The van der Waals surface area contributed by atoms with Crippen LogP contribution in [-0.4, -0.2) is 34.7 Å². The lowest BCUT2D eigenvalue weighted by Gasteiger charge is -2.37. The van der Waals surface area contributed by atoms with Crippen LogP contribution in [0.5, 0.6) is 0 Å². The third-order valence-corrected chi connectivity index (χ3v) is 4.63. The first-order valence-electron chi connectivity index (χ1n) is 6.47. The van der Waals surface area contributed by atoms with E-state index >= 15 is 0 Å². The van der Waals surface area contributed by atoms with E-state index < -0.39 is 0 Å². The van der Waals surface area contributed by atoms with E-state index in [2.05, 4.69) is 34.3 Å². The fourth-order valence-corrected chi connectivity index (χ4v) is 3.13. The molecule has 5 heteroatoms. The van der Waals surface area contributed by atoms with Crippen LogP contribution in [0.25, 0.3) is 0 Å². The molecule has 1 aromatic rings. The smallest absolute Gasteiger partial charge is 0.205 e. The van der Waals surface area contributed by atoms with Crippen molar-refractivity contribution in [3.05, 3.63) is 5.01 Å². The maximum atomic E-state index is 4.23. The first kappa shape index (κ1) is 12.8. The van der Waals surface area contributed by atoms with Gasteiger partial charge in [-0.25, -0.2) is 0 Å². The van der Waals surface area contributed by atoms with Crippen molar-refractivity contribution in [2.45, 2.75) is 45.7 Å². The van der Waals surface area contributed by atoms with Crippen LogP contribution in [0.1, 0.15) is 38.1 Å². The molecule has 0 spiro atoms. The maximum absolute atomic E-state index is 4.23. The molecule has 2 heterocycles. The minimum absolute atomic E-state index is 0.680. The topological polar surface area (TPSA) is 41.1 Å². The van der Waals surface area contributed by atoms with Crippen molar-refractivity contribution < 1.29 is 0 Å². The Balaban J connectivity index is 1.96. The molecule has 0 amide bonds. The zero-order valence-corrected chi connectivity index (χ0v) is 11.8. The second-order valence-corrected chi connectivity index (χ2v) is 5.94. The molecule has 96 valence electrons. The van der Waals surface area contributed by atoms with Crippen LogP contribution in [0.3, 0.4) is 0 Å². The third-order valence-electron chi connectivity index (χ3n) is 3.71. The molecule has 17 heavy (non-hydrogen) atoms. The molecular weight excluding hydrogens is 232 g/mol. The molecule has 0 radical (unpaired) electrons. The van der Waals surface area contributed by atoms with E-state index in [1.807, 2.05) is 7.05 Å². The van der Waals surface area contributed by atoms with Gasteiger partial charge in [-0.1, -0.05) is 24.7 Å². The summed E-state index contributed by atoms with van der Waals surface area (Å²) >= 11 is 1.66. The van der Waals surface area contributed by atoms with Crippen LogP contribution < -0.4 is 5.32 Å². The Kier molecular flexibility index (Phi) is 4.34. The highest BCUT2D eigenvalue weighted by atomic mass is 32.1. The average Bonchev–Trinajstić information content (AvgIpc) is 2.80. The number of likely N-dealkylation sites (tertiary alicyclic amines) is 1.